The second-order valence-corrected chi connectivity index (χ2v) is 9.66. The minimum Gasteiger partial charge on any atom is -0.448 e. The molecule has 1 N–H and O–H groups in total. The fourth-order valence-electron chi connectivity index (χ4n) is 3.38. The van der Waals surface area contributed by atoms with Crippen LogP contribution < -0.4 is 4.72 Å². The fraction of sp³-hybridized carbons (Fsp3) is 0.125. The zero-order valence-electron chi connectivity index (χ0n) is 18.1. The maximum absolute atomic E-state index is 14.0. The lowest BCUT2D eigenvalue weighted by atomic mass is 9.84. The Morgan fingerprint density at radius 3 is 2.35 bits per heavy atom. The zero-order valence-corrected chi connectivity index (χ0v) is 18.9. The van der Waals surface area contributed by atoms with Crippen LogP contribution in [0.1, 0.15) is 41.2 Å². The monoisotopic (exact) mass is 483 g/mol. The highest BCUT2D eigenvalue weighted by Gasteiger charge is 2.29. The number of aromatic nitrogens is 2. The summed E-state index contributed by atoms with van der Waals surface area (Å²) in [6, 6.07) is 10.2. The van der Waals surface area contributed by atoms with Gasteiger partial charge in [0.25, 0.3) is 10.0 Å². The smallest absolute Gasteiger partial charge is 0.261 e. The molecule has 0 aliphatic heterocycles. The maximum atomic E-state index is 14.0. The number of hydrogen-bond acceptors (Lipinski definition) is 6. The minimum absolute atomic E-state index is 0.0899. The Hall–Kier alpha value is -3.92. The van der Waals surface area contributed by atoms with Crippen LogP contribution in [-0.2, 0) is 15.4 Å². The van der Waals surface area contributed by atoms with Crippen molar-refractivity contribution >= 4 is 21.5 Å². The first kappa shape index (κ1) is 23.2. The van der Waals surface area contributed by atoms with Gasteiger partial charge in [0, 0.05) is 29.6 Å². The second kappa shape index (κ2) is 8.79. The van der Waals surface area contributed by atoms with E-state index in [1.165, 1.54) is 49.1 Å². The third-order valence-corrected chi connectivity index (χ3v) is 6.71. The number of carbonyl (C=O) groups excluding carboxylic acids is 1. The zero-order chi connectivity index (χ0) is 24.5. The number of hydrogen-bond donors (Lipinski definition) is 1. The van der Waals surface area contributed by atoms with Gasteiger partial charge in [0.05, 0.1) is 22.2 Å². The van der Waals surface area contributed by atoms with Gasteiger partial charge < -0.3 is 4.42 Å². The number of carbonyl (C=O) groups is 1. The molecule has 0 aliphatic carbocycles. The molecule has 0 aliphatic rings. The van der Waals surface area contributed by atoms with E-state index in [9.17, 15) is 22.0 Å². The van der Waals surface area contributed by atoms with Gasteiger partial charge in [0.1, 0.15) is 6.26 Å². The molecule has 0 spiro atoms. The number of ketones is 1. The SMILES string of the molecule is CC(C)(c1ccc(S(=O)(=O)Nc2cc(F)c(F)cc2C(=O)c2cccnc2)cc1)c1ncco1. The number of anilines is 1. The molecule has 4 rings (SSSR count). The van der Waals surface area contributed by atoms with Gasteiger partial charge in [-0.2, -0.15) is 0 Å². The van der Waals surface area contributed by atoms with Crippen LogP contribution in [0.15, 0.2) is 82.7 Å². The topological polar surface area (TPSA) is 102 Å². The summed E-state index contributed by atoms with van der Waals surface area (Å²) in [5.41, 5.74) is -0.530. The van der Waals surface area contributed by atoms with Gasteiger partial charge in [-0.25, -0.2) is 22.2 Å². The van der Waals surface area contributed by atoms with E-state index in [2.05, 4.69) is 14.7 Å². The molecule has 0 saturated carbocycles. The van der Waals surface area contributed by atoms with Crippen LogP contribution in [0.3, 0.4) is 0 Å². The number of nitrogens with one attached hydrogen (secondary N) is 1. The summed E-state index contributed by atoms with van der Waals surface area (Å²) >= 11 is 0. The summed E-state index contributed by atoms with van der Waals surface area (Å²) in [6.45, 7) is 3.75. The highest BCUT2D eigenvalue weighted by atomic mass is 32.2. The number of pyridine rings is 1. The maximum Gasteiger partial charge on any atom is 0.261 e. The molecule has 7 nitrogen and oxygen atoms in total. The highest BCUT2D eigenvalue weighted by Crippen LogP contribution is 2.31. The Balaban J connectivity index is 1.67. The number of halogens is 2. The molecule has 0 unspecified atom stereocenters. The van der Waals surface area contributed by atoms with Gasteiger partial charge >= 0.3 is 0 Å². The molecule has 0 bridgehead atoms. The van der Waals surface area contributed by atoms with Crippen LogP contribution in [0, 0.1) is 11.6 Å². The van der Waals surface area contributed by atoms with E-state index in [-0.39, 0.29) is 16.0 Å². The highest BCUT2D eigenvalue weighted by molar-refractivity contribution is 7.92. The van der Waals surface area contributed by atoms with Crippen molar-refractivity contribution in [3.05, 3.63) is 108 Å². The molecule has 0 amide bonds. The predicted octanol–water partition coefficient (Wildman–Crippen LogP) is 4.71. The van der Waals surface area contributed by atoms with E-state index in [0.717, 1.165) is 5.56 Å². The Morgan fingerprint density at radius 1 is 1.03 bits per heavy atom. The standard InChI is InChI=1S/C24H19F2N3O4S/c1-24(2,23-28-10-11-33-23)16-5-7-17(8-6-16)34(31,32)29-21-13-20(26)19(25)12-18(21)22(30)15-4-3-9-27-14-15/h3-14,29H,1-2H3. The lowest BCUT2D eigenvalue weighted by Crippen LogP contribution is -2.20. The number of benzene rings is 2. The van der Waals surface area contributed by atoms with Gasteiger partial charge in [0.2, 0.25) is 5.89 Å². The van der Waals surface area contributed by atoms with Crippen molar-refractivity contribution in [2.75, 3.05) is 4.72 Å². The van der Waals surface area contributed by atoms with Crippen LogP contribution in [0.5, 0.6) is 0 Å². The van der Waals surface area contributed by atoms with Crippen molar-refractivity contribution in [1.82, 2.24) is 9.97 Å². The van der Waals surface area contributed by atoms with Crippen molar-refractivity contribution in [3.63, 3.8) is 0 Å². The molecule has 0 atom stereocenters. The number of nitrogens with zero attached hydrogens (tertiary/aromatic N) is 2. The van der Waals surface area contributed by atoms with Crippen molar-refractivity contribution in [2.45, 2.75) is 24.2 Å². The third kappa shape index (κ3) is 4.44. The fourth-order valence-corrected chi connectivity index (χ4v) is 4.45. The molecular weight excluding hydrogens is 464 g/mol. The van der Waals surface area contributed by atoms with Crippen LogP contribution in [0.25, 0.3) is 0 Å². The van der Waals surface area contributed by atoms with Crippen molar-refractivity contribution < 1.29 is 26.4 Å². The molecule has 34 heavy (non-hydrogen) atoms. The summed E-state index contributed by atoms with van der Waals surface area (Å²) < 4.78 is 61.5. The average Bonchev–Trinajstić information content (AvgIpc) is 3.37. The molecule has 0 saturated heterocycles. The molecule has 2 aromatic heterocycles. The van der Waals surface area contributed by atoms with Gasteiger partial charge in [0.15, 0.2) is 17.4 Å². The molecule has 0 radical (unpaired) electrons. The number of sulfonamides is 1. The van der Waals surface area contributed by atoms with Crippen LogP contribution >= 0.6 is 0 Å². The molecule has 0 fully saturated rings. The van der Waals surface area contributed by atoms with Gasteiger partial charge in [-0.05, 0) is 49.7 Å². The molecule has 2 heterocycles. The summed E-state index contributed by atoms with van der Waals surface area (Å²) in [5.74, 6) is -2.84. The van der Waals surface area contributed by atoms with E-state index in [1.807, 2.05) is 13.8 Å². The van der Waals surface area contributed by atoms with Crippen LogP contribution in [-0.4, -0.2) is 24.2 Å². The predicted molar refractivity (Wildman–Crippen MR) is 120 cm³/mol. The van der Waals surface area contributed by atoms with Gasteiger partial charge in [-0.15, -0.1) is 0 Å². The van der Waals surface area contributed by atoms with Crippen molar-refractivity contribution in [2.24, 2.45) is 0 Å². The van der Waals surface area contributed by atoms with E-state index < -0.39 is 38.5 Å². The molecule has 174 valence electrons. The first-order chi connectivity index (χ1) is 16.1. The molecule has 10 heteroatoms. The molecular formula is C24H19F2N3O4S. The first-order valence-electron chi connectivity index (χ1n) is 10.1. The lowest BCUT2D eigenvalue weighted by Gasteiger charge is -2.21. The third-order valence-electron chi connectivity index (χ3n) is 5.33. The second-order valence-electron chi connectivity index (χ2n) is 7.97. The Morgan fingerprint density at radius 2 is 1.74 bits per heavy atom. The summed E-state index contributed by atoms with van der Waals surface area (Å²) in [7, 11) is -4.24. The summed E-state index contributed by atoms with van der Waals surface area (Å²) in [5, 5.41) is 0. The number of oxazole rings is 1. The first-order valence-corrected chi connectivity index (χ1v) is 11.5. The summed E-state index contributed by atoms with van der Waals surface area (Å²) in [4.78, 5) is 20.7. The van der Waals surface area contributed by atoms with E-state index >= 15 is 0 Å². The van der Waals surface area contributed by atoms with E-state index in [0.29, 0.717) is 18.0 Å². The van der Waals surface area contributed by atoms with E-state index in [4.69, 9.17) is 4.42 Å². The largest absolute Gasteiger partial charge is 0.448 e. The Labute approximate surface area is 194 Å². The molecule has 2 aromatic carbocycles. The Kier molecular flexibility index (Phi) is 6.01. The van der Waals surface area contributed by atoms with Crippen molar-refractivity contribution in [3.8, 4) is 0 Å². The lowest BCUT2D eigenvalue weighted by molar-refractivity contribution is 0.103. The summed E-state index contributed by atoms with van der Waals surface area (Å²) in [6.07, 6.45) is 5.66. The van der Waals surface area contributed by atoms with Crippen LogP contribution in [0.4, 0.5) is 14.5 Å². The van der Waals surface area contributed by atoms with Gasteiger partial charge in [-0.1, -0.05) is 12.1 Å². The normalized spacial score (nSPS) is 11.9. The van der Waals surface area contributed by atoms with Crippen molar-refractivity contribution in [1.29, 1.82) is 0 Å². The number of rotatable bonds is 7. The van der Waals surface area contributed by atoms with Gasteiger partial charge in [-0.3, -0.25) is 14.5 Å². The quantitative estimate of drug-likeness (QED) is 0.382. The van der Waals surface area contributed by atoms with E-state index in [1.54, 1.807) is 12.1 Å². The molecule has 4 aromatic rings. The average molecular weight is 483 g/mol. The van der Waals surface area contributed by atoms with Crippen LogP contribution in [0.2, 0.25) is 0 Å². The minimum atomic E-state index is -4.24. The Bertz CT molecular complexity index is 1440.